The van der Waals surface area contributed by atoms with Crippen molar-refractivity contribution >= 4 is 34.3 Å². The van der Waals surface area contributed by atoms with E-state index in [0.717, 1.165) is 11.1 Å². The summed E-state index contributed by atoms with van der Waals surface area (Å²) in [5.74, 6) is -0.351. The molecule has 0 saturated carbocycles. The van der Waals surface area contributed by atoms with Crippen LogP contribution in [0.5, 0.6) is 0 Å². The molecular formula is C15H12ClN3O2. The Balaban J connectivity index is 2.24. The van der Waals surface area contributed by atoms with Crippen molar-refractivity contribution in [2.45, 2.75) is 6.54 Å². The number of aromatic nitrogens is 2. The molecule has 5 nitrogen and oxygen atoms in total. The zero-order valence-corrected chi connectivity index (χ0v) is 11.7. The lowest BCUT2D eigenvalue weighted by atomic mass is 10.2. The van der Waals surface area contributed by atoms with Gasteiger partial charge in [-0.15, -0.1) is 0 Å². The summed E-state index contributed by atoms with van der Waals surface area (Å²) in [6.07, 6.45) is 0. The van der Waals surface area contributed by atoms with Crippen LogP contribution in [0.15, 0.2) is 42.5 Å². The topological polar surface area (TPSA) is 81.1 Å². The van der Waals surface area contributed by atoms with Crippen molar-refractivity contribution in [3.63, 3.8) is 0 Å². The molecule has 2 aromatic carbocycles. The lowest BCUT2D eigenvalue weighted by Gasteiger charge is -2.06. The number of hydrogen-bond donors (Lipinski definition) is 2. The Morgan fingerprint density at radius 3 is 2.62 bits per heavy atom. The summed E-state index contributed by atoms with van der Waals surface area (Å²) in [6.45, 7) is -0.168. The first kappa shape index (κ1) is 13.5. The molecule has 0 atom stereocenters. The van der Waals surface area contributed by atoms with Crippen LogP contribution >= 0.6 is 11.6 Å². The van der Waals surface area contributed by atoms with Crippen LogP contribution in [0.4, 0.5) is 5.69 Å². The molecule has 1 heterocycles. The highest BCUT2D eigenvalue weighted by atomic mass is 35.5. The van der Waals surface area contributed by atoms with Gasteiger partial charge in [-0.2, -0.15) is 0 Å². The van der Waals surface area contributed by atoms with E-state index < -0.39 is 5.97 Å². The molecular weight excluding hydrogens is 290 g/mol. The van der Waals surface area contributed by atoms with Gasteiger partial charge in [0.1, 0.15) is 12.4 Å². The first-order chi connectivity index (χ1) is 10.0. The first-order valence-corrected chi connectivity index (χ1v) is 6.66. The summed E-state index contributed by atoms with van der Waals surface area (Å²) in [6, 6.07) is 12.4. The average Bonchev–Trinajstić information content (AvgIpc) is 2.77. The van der Waals surface area contributed by atoms with Crippen LogP contribution in [0, 0.1) is 0 Å². The van der Waals surface area contributed by atoms with Crippen molar-refractivity contribution in [3.05, 3.63) is 47.5 Å². The monoisotopic (exact) mass is 301 g/mol. The number of hydrogen-bond acceptors (Lipinski definition) is 3. The fraction of sp³-hybridized carbons (Fsp3) is 0.0667. The van der Waals surface area contributed by atoms with Gasteiger partial charge in [0.15, 0.2) is 0 Å². The van der Waals surface area contributed by atoms with E-state index in [-0.39, 0.29) is 6.54 Å². The predicted molar refractivity (Wildman–Crippen MR) is 82.2 cm³/mol. The van der Waals surface area contributed by atoms with Gasteiger partial charge < -0.3 is 15.4 Å². The number of carboxylic acid groups (broad SMARTS) is 1. The fourth-order valence-corrected chi connectivity index (χ4v) is 2.39. The van der Waals surface area contributed by atoms with Gasteiger partial charge in [-0.1, -0.05) is 11.6 Å². The minimum Gasteiger partial charge on any atom is -0.480 e. The molecule has 0 amide bonds. The number of nitrogens with two attached hydrogens (primary N) is 1. The number of nitrogen functional groups attached to an aromatic ring is 1. The number of aliphatic carboxylic acids is 1. The Morgan fingerprint density at radius 2 is 1.95 bits per heavy atom. The van der Waals surface area contributed by atoms with E-state index in [1.165, 1.54) is 0 Å². The number of halogens is 1. The SMILES string of the molecule is Nc1ccc2c(c1)nc(-c1ccc(Cl)cc1)n2CC(=O)O. The molecule has 0 fully saturated rings. The van der Waals surface area contributed by atoms with E-state index in [2.05, 4.69) is 4.98 Å². The van der Waals surface area contributed by atoms with Crippen molar-refractivity contribution in [2.75, 3.05) is 5.73 Å². The lowest BCUT2D eigenvalue weighted by Crippen LogP contribution is -2.10. The summed E-state index contributed by atoms with van der Waals surface area (Å²) >= 11 is 5.88. The van der Waals surface area contributed by atoms with Crippen LogP contribution in [0.1, 0.15) is 0 Å². The number of anilines is 1. The Morgan fingerprint density at radius 1 is 1.24 bits per heavy atom. The number of benzene rings is 2. The van der Waals surface area contributed by atoms with Crippen LogP contribution in [0.2, 0.25) is 5.02 Å². The van der Waals surface area contributed by atoms with Crippen molar-refractivity contribution in [3.8, 4) is 11.4 Å². The second-order valence-electron chi connectivity index (χ2n) is 4.67. The van der Waals surface area contributed by atoms with Crippen molar-refractivity contribution < 1.29 is 9.90 Å². The molecule has 3 aromatic rings. The van der Waals surface area contributed by atoms with E-state index in [9.17, 15) is 4.79 Å². The fourth-order valence-electron chi connectivity index (χ4n) is 2.26. The molecule has 3 N–H and O–H groups in total. The highest BCUT2D eigenvalue weighted by Crippen LogP contribution is 2.27. The van der Waals surface area contributed by atoms with Crippen LogP contribution in [-0.2, 0) is 11.3 Å². The average molecular weight is 302 g/mol. The number of imidazole rings is 1. The highest BCUT2D eigenvalue weighted by molar-refractivity contribution is 6.30. The van der Waals surface area contributed by atoms with Crippen molar-refractivity contribution in [1.82, 2.24) is 9.55 Å². The van der Waals surface area contributed by atoms with Gasteiger partial charge >= 0.3 is 5.97 Å². The summed E-state index contributed by atoms with van der Waals surface area (Å²) in [4.78, 5) is 15.6. The normalized spacial score (nSPS) is 10.9. The Labute approximate surface area is 125 Å². The van der Waals surface area contributed by atoms with E-state index in [1.807, 2.05) is 12.1 Å². The first-order valence-electron chi connectivity index (χ1n) is 6.28. The van der Waals surface area contributed by atoms with Gasteiger partial charge in [0.25, 0.3) is 0 Å². The predicted octanol–water partition coefficient (Wildman–Crippen LogP) is 3.02. The van der Waals surface area contributed by atoms with E-state index in [1.54, 1.807) is 34.9 Å². The minimum absolute atomic E-state index is 0.168. The third-order valence-corrected chi connectivity index (χ3v) is 3.42. The summed E-state index contributed by atoms with van der Waals surface area (Å²) in [5.41, 5.74) is 8.55. The molecule has 6 heteroatoms. The standard InChI is InChI=1S/C15H12ClN3O2/c16-10-3-1-9(2-4-10)15-18-12-7-11(17)5-6-13(12)19(15)8-14(20)21/h1-7H,8,17H2,(H,20,21). The second kappa shape index (κ2) is 5.10. The Kier molecular flexibility index (Phi) is 3.27. The maximum Gasteiger partial charge on any atom is 0.323 e. The molecule has 21 heavy (non-hydrogen) atoms. The number of carboxylic acids is 1. The minimum atomic E-state index is -0.929. The smallest absolute Gasteiger partial charge is 0.323 e. The lowest BCUT2D eigenvalue weighted by molar-refractivity contribution is -0.137. The number of fused-ring (bicyclic) bond motifs is 1. The summed E-state index contributed by atoms with van der Waals surface area (Å²) in [7, 11) is 0. The van der Waals surface area contributed by atoms with E-state index in [4.69, 9.17) is 22.4 Å². The molecule has 0 aliphatic heterocycles. The molecule has 0 saturated heterocycles. The van der Waals surface area contributed by atoms with Crippen LogP contribution in [0.3, 0.4) is 0 Å². The van der Waals surface area contributed by atoms with Crippen LogP contribution in [0.25, 0.3) is 22.4 Å². The number of nitrogens with zero attached hydrogens (tertiary/aromatic N) is 2. The van der Waals surface area contributed by atoms with Gasteiger partial charge in [-0.3, -0.25) is 4.79 Å². The number of rotatable bonds is 3. The van der Waals surface area contributed by atoms with Crippen molar-refractivity contribution in [1.29, 1.82) is 0 Å². The Bertz CT molecular complexity index is 825. The quantitative estimate of drug-likeness (QED) is 0.729. The molecule has 1 aromatic heterocycles. The molecule has 106 valence electrons. The van der Waals surface area contributed by atoms with Crippen LogP contribution in [-0.4, -0.2) is 20.6 Å². The van der Waals surface area contributed by atoms with Gasteiger partial charge in [0, 0.05) is 16.3 Å². The Hall–Kier alpha value is -2.53. The number of carbonyl (C=O) groups is 1. The highest BCUT2D eigenvalue weighted by Gasteiger charge is 2.15. The third kappa shape index (κ3) is 2.55. The zero-order chi connectivity index (χ0) is 15.0. The van der Waals surface area contributed by atoms with Crippen LogP contribution < -0.4 is 5.73 Å². The van der Waals surface area contributed by atoms with E-state index >= 15 is 0 Å². The molecule has 3 rings (SSSR count). The summed E-state index contributed by atoms with van der Waals surface area (Å²) < 4.78 is 1.65. The van der Waals surface area contributed by atoms with Gasteiger partial charge in [-0.25, -0.2) is 4.98 Å². The maximum atomic E-state index is 11.1. The maximum absolute atomic E-state index is 11.1. The molecule has 0 radical (unpaired) electrons. The second-order valence-corrected chi connectivity index (χ2v) is 5.11. The third-order valence-electron chi connectivity index (χ3n) is 3.17. The van der Waals surface area contributed by atoms with Gasteiger partial charge in [0.05, 0.1) is 11.0 Å². The molecule has 0 bridgehead atoms. The molecule has 0 aliphatic rings. The molecule has 0 unspecified atom stereocenters. The van der Waals surface area contributed by atoms with Gasteiger partial charge in [-0.05, 0) is 42.5 Å². The largest absolute Gasteiger partial charge is 0.480 e. The molecule has 0 spiro atoms. The van der Waals surface area contributed by atoms with Gasteiger partial charge in [0.2, 0.25) is 0 Å². The zero-order valence-electron chi connectivity index (χ0n) is 11.0. The summed E-state index contributed by atoms with van der Waals surface area (Å²) in [5, 5.41) is 9.74. The molecule has 0 aliphatic carbocycles. The van der Waals surface area contributed by atoms with E-state index in [0.29, 0.717) is 22.1 Å². The van der Waals surface area contributed by atoms with Crippen molar-refractivity contribution in [2.24, 2.45) is 0 Å².